The molecule has 1 aromatic rings. The van der Waals surface area contributed by atoms with Gasteiger partial charge in [-0.25, -0.2) is 0 Å². The van der Waals surface area contributed by atoms with E-state index >= 15 is 0 Å². The van der Waals surface area contributed by atoms with E-state index in [1.54, 1.807) is 12.1 Å². The molecular formula is C16H19NO3. The molecule has 20 heavy (non-hydrogen) atoms. The second kappa shape index (κ2) is 5.29. The second-order valence-corrected chi connectivity index (χ2v) is 5.52. The first-order chi connectivity index (χ1) is 9.63. The van der Waals surface area contributed by atoms with Crippen molar-refractivity contribution in [2.45, 2.75) is 31.9 Å². The zero-order valence-electron chi connectivity index (χ0n) is 11.6. The molecule has 3 rings (SSSR count). The van der Waals surface area contributed by atoms with Crippen LogP contribution in [0.4, 0.5) is 0 Å². The Labute approximate surface area is 118 Å². The van der Waals surface area contributed by atoms with Crippen molar-refractivity contribution in [2.24, 2.45) is 0 Å². The van der Waals surface area contributed by atoms with Crippen LogP contribution in [0.3, 0.4) is 0 Å². The highest BCUT2D eigenvalue weighted by molar-refractivity contribution is 5.78. The lowest BCUT2D eigenvalue weighted by atomic mass is 9.98. The van der Waals surface area contributed by atoms with Crippen LogP contribution in [0.25, 0.3) is 5.57 Å². The second-order valence-electron chi connectivity index (χ2n) is 5.52. The van der Waals surface area contributed by atoms with Crippen LogP contribution < -0.4 is 0 Å². The van der Waals surface area contributed by atoms with E-state index in [0.717, 1.165) is 31.5 Å². The summed E-state index contributed by atoms with van der Waals surface area (Å²) in [4.78, 5) is 14.0. The lowest BCUT2D eigenvalue weighted by Gasteiger charge is -2.29. The van der Waals surface area contributed by atoms with Crippen molar-refractivity contribution in [1.82, 2.24) is 4.90 Å². The molecule has 4 heteroatoms. The van der Waals surface area contributed by atoms with E-state index in [9.17, 15) is 9.90 Å². The molecule has 4 nitrogen and oxygen atoms in total. The lowest BCUT2D eigenvalue weighted by molar-refractivity contribution is -0.144. The van der Waals surface area contributed by atoms with Gasteiger partial charge in [0, 0.05) is 19.5 Å². The molecule has 0 unspecified atom stereocenters. The topological polar surface area (TPSA) is 49.8 Å². The minimum atomic E-state index is -0.0843. The summed E-state index contributed by atoms with van der Waals surface area (Å²) < 4.78 is 5.22. The number of carbonyl (C=O) groups excluding carboxylic acids is 1. The molecule has 0 aliphatic carbocycles. The molecule has 0 radical (unpaired) electrons. The Balaban J connectivity index is 1.69. The molecule has 0 saturated carbocycles. The van der Waals surface area contributed by atoms with Crippen LogP contribution >= 0.6 is 0 Å². The average molecular weight is 273 g/mol. The third-order valence-electron chi connectivity index (χ3n) is 4.06. The van der Waals surface area contributed by atoms with E-state index in [4.69, 9.17) is 4.74 Å². The molecule has 2 aliphatic rings. The van der Waals surface area contributed by atoms with Gasteiger partial charge in [-0.15, -0.1) is 0 Å². The molecule has 2 heterocycles. The number of rotatable bonds is 2. The van der Waals surface area contributed by atoms with Crippen LogP contribution in [0.15, 0.2) is 30.3 Å². The Morgan fingerprint density at radius 1 is 1.30 bits per heavy atom. The van der Waals surface area contributed by atoms with Crippen LogP contribution in [-0.2, 0) is 9.53 Å². The first-order valence-electron chi connectivity index (χ1n) is 7.06. The van der Waals surface area contributed by atoms with Crippen molar-refractivity contribution in [2.75, 3.05) is 13.1 Å². The maximum atomic E-state index is 11.8. The molecule has 0 aromatic heterocycles. The zero-order valence-corrected chi connectivity index (χ0v) is 11.6. The Bertz CT molecular complexity index is 535. The van der Waals surface area contributed by atoms with Gasteiger partial charge in [-0.1, -0.05) is 18.2 Å². The molecule has 0 amide bonds. The number of ether oxygens (including phenoxy) is 1. The van der Waals surface area contributed by atoms with Crippen molar-refractivity contribution in [3.8, 4) is 5.75 Å². The van der Waals surface area contributed by atoms with Crippen molar-refractivity contribution in [3.63, 3.8) is 0 Å². The number of cyclic esters (lactones) is 1. The normalized spacial score (nSPS) is 27.2. The van der Waals surface area contributed by atoms with Crippen LogP contribution in [0.5, 0.6) is 5.75 Å². The molecule has 2 aliphatic heterocycles. The highest BCUT2D eigenvalue weighted by Crippen LogP contribution is 2.27. The quantitative estimate of drug-likeness (QED) is 0.839. The molecule has 106 valence electrons. The van der Waals surface area contributed by atoms with Gasteiger partial charge in [0.15, 0.2) is 0 Å². The monoisotopic (exact) mass is 273 g/mol. The van der Waals surface area contributed by atoms with Crippen molar-refractivity contribution < 1.29 is 14.6 Å². The van der Waals surface area contributed by atoms with Gasteiger partial charge in [-0.3, -0.25) is 9.69 Å². The summed E-state index contributed by atoms with van der Waals surface area (Å²) in [6, 6.07) is 7.20. The minimum Gasteiger partial charge on any atom is -0.508 e. The highest BCUT2D eigenvalue weighted by atomic mass is 16.6. The average Bonchev–Trinajstić information content (AvgIpc) is 2.79. The van der Waals surface area contributed by atoms with E-state index in [0.29, 0.717) is 0 Å². The van der Waals surface area contributed by atoms with Crippen molar-refractivity contribution in [3.05, 3.63) is 35.9 Å². The molecule has 0 spiro atoms. The molecule has 2 atom stereocenters. The first kappa shape index (κ1) is 13.2. The standard InChI is InChI=1S/C16H19NO3/c1-11-10-15(16(19)20-11)17-8-6-13(7-9-17)12-2-4-14(18)5-3-12/h2-6,11,15,18H,7-10H2,1H3/t11-,15+/m1/s1. The number of benzene rings is 1. The van der Waals surface area contributed by atoms with Gasteiger partial charge >= 0.3 is 5.97 Å². The summed E-state index contributed by atoms with van der Waals surface area (Å²) in [6.45, 7) is 3.60. The molecule has 1 fully saturated rings. The number of nitrogens with zero attached hydrogens (tertiary/aromatic N) is 1. The summed E-state index contributed by atoms with van der Waals surface area (Å²) in [5, 5.41) is 9.32. The summed E-state index contributed by atoms with van der Waals surface area (Å²) in [5.74, 6) is 0.202. The minimum absolute atomic E-state index is 0.0370. The Hall–Kier alpha value is -1.81. The number of hydrogen-bond acceptors (Lipinski definition) is 4. The predicted molar refractivity (Wildman–Crippen MR) is 76.2 cm³/mol. The number of aromatic hydroxyl groups is 1. The largest absolute Gasteiger partial charge is 0.508 e. The van der Waals surface area contributed by atoms with Crippen molar-refractivity contribution in [1.29, 1.82) is 0 Å². The van der Waals surface area contributed by atoms with Crippen LogP contribution in [0.1, 0.15) is 25.3 Å². The molecule has 1 aromatic carbocycles. The van der Waals surface area contributed by atoms with E-state index in [1.165, 1.54) is 5.57 Å². The lowest BCUT2D eigenvalue weighted by Crippen LogP contribution is -2.41. The first-order valence-corrected chi connectivity index (χ1v) is 7.06. The molecule has 0 bridgehead atoms. The van der Waals surface area contributed by atoms with Crippen LogP contribution in [0, 0.1) is 0 Å². The number of esters is 1. The Morgan fingerprint density at radius 3 is 2.60 bits per heavy atom. The SMILES string of the molecule is C[C@@H]1C[C@H](N2CC=C(c3ccc(O)cc3)CC2)C(=O)O1. The van der Waals surface area contributed by atoms with E-state index in [-0.39, 0.29) is 23.9 Å². The van der Waals surface area contributed by atoms with Gasteiger partial charge in [0.1, 0.15) is 17.9 Å². The number of hydrogen-bond donors (Lipinski definition) is 1. The fourth-order valence-electron chi connectivity index (χ4n) is 2.94. The number of carbonyl (C=O) groups is 1. The molecule has 1 saturated heterocycles. The summed E-state index contributed by atoms with van der Waals surface area (Å²) >= 11 is 0. The van der Waals surface area contributed by atoms with Crippen LogP contribution in [-0.4, -0.2) is 41.2 Å². The van der Waals surface area contributed by atoms with E-state index < -0.39 is 0 Å². The number of phenolic OH excluding ortho intramolecular Hbond substituents is 1. The Kier molecular flexibility index (Phi) is 3.49. The van der Waals surface area contributed by atoms with Gasteiger partial charge in [0.2, 0.25) is 0 Å². The van der Waals surface area contributed by atoms with Gasteiger partial charge in [-0.05, 0) is 36.6 Å². The van der Waals surface area contributed by atoms with Gasteiger partial charge < -0.3 is 9.84 Å². The van der Waals surface area contributed by atoms with Gasteiger partial charge in [0.05, 0.1) is 0 Å². The molecule has 1 N–H and O–H groups in total. The highest BCUT2D eigenvalue weighted by Gasteiger charge is 2.36. The zero-order chi connectivity index (χ0) is 14.1. The fraction of sp³-hybridized carbons (Fsp3) is 0.438. The summed E-state index contributed by atoms with van der Waals surface area (Å²) in [6.07, 6.45) is 3.92. The third-order valence-corrected chi connectivity index (χ3v) is 4.06. The maximum Gasteiger partial charge on any atom is 0.323 e. The van der Waals surface area contributed by atoms with Gasteiger partial charge in [-0.2, -0.15) is 0 Å². The number of phenols is 1. The Morgan fingerprint density at radius 2 is 2.05 bits per heavy atom. The van der Waals surface area contributed by atoms with Crippen LogP contribution in [0.2, 0.25) is 0 Å². The van der Waals surface area contributed by atoms with E-state index in [2.05, 4.69) is 11.0 Å². The third kappa shape index (κ3) is 2.56. The van der Waals surface area contributed by atoms with Gasteiger partial charge in [0.25, 0.3) is 0 Å². The molecular weight excluding hydrogens is 254 g/mol. The summed E-state index contributed by atoms with van der Waals surface area (Å²) in [5.41, 5.74) is 2.42. The smallest absolute Gasteiger partial charge is 0.323 e. The predicted octanol–water partition coefficient (Wildman–Crippen LogP) is 2.19. The van der Waals surface area contributed by atoms with E-state index in [1.807, 2.05) is 19.1 Å². The fourth-order valence-corrected chi connectivity index (χ4v) is 2.94. The summed E-state index contributed by atoms with van der Waals surface area (Å²) in [7, 11) is 0. The van der Waals surface area contributed by atoms with Crippen molar-refractivity contribution >= 4 is 11.5 Å². The maximum absolute atomic E-state index is 11.8.